The van der Waals surface area contributed by atoms with Crippen molar-refractivity contribution in [3.63, 3.8) is 0 Å². The molecule has 0 aromatic rings. The number of carbonyl (C=O) groups is 1. The molecule has 5 saturated carbocycles. The van der Waals surface area contributed by atoms with E-state index in [0.29, 0.717) is 29.3 Å². The molecule has 0 radical (unpaired) electrons. The number of hydrogen-bond donors (Lipinski definition) is 2. The zero-order chi connectivity index (χ0) is 20.7. The van der Waals surface area contributed by atoms with Crippen LogP contribution in [0.2, 0.25) is 0 Å². The molecule has 5 rings (SSSR count). The molecule has 5 fully saturated rings. The Hall–Kier alpha value is -1.35. The second kappa shape index (κ2) is 7.72. The minimum atomic E-state index is -0.188. The molecule has 4 bridgehead atoms. The molecule has 5 aliphatic carbocycles. The van der Waals surface area contributed by atoms with Gasteiger partial charge >= 0.3 is 0 Å². The Morgan fingerprint density at radius 1 is 1.07 bits per heavy atom. The summed E-state index contributed by atoms with van der Waals surface area (Å²) in [6.45, 7) is 8.91. The van der Waals surface area contributed by atoms with Crippen molar-refractivity contribution in [2.24, 2.45) is 27.9 Å². The van der Waals surface area contributed by atoms with E-state index in [1.165, 1.54) is 31.3 Å². The van der Waals surface area contributed by atoms with Crippen molar-refractivity contribution in [1.82, 2.24) is 5.32 Å². The van der Waals surface area contributed by atoms with Crippen LogP contribution in [0.25, 0.3) is 0 Å². The second-order valence-corrected chi connectivity index (χ2v) is 10.9. The molecule has 0 aromatic heterocycles. The summed E-state index contributed by atoms with van der Waals surface area (Å²) < 4.78 is 0. The van der Waals surface area contributed by atoms with Crippen LogP contribution in [0.5, 0.6) is 0 Å². The van der Waals surface area contributed by atoms with E-state index in [-0.39, 0.29) is 10.8 Å². The summed E-state index contributed by atoms with van der Waals surface area (Å²) in [5.74, 6) is 1.01. The summed E-state index contributed by atoms with van der Waals surface area (Å²) in [5, 5.41) is 3.49. The van der Waals surface area contributed by atoms with Crippen molar-refractivity contribution in [3.05, 3.63) is 36.5 Å². The zero-order valence-electron chi connectivity index (χ0n) is 18.5. The molecule has 3 N–H and O–H groups in total. The Morgan fingerprint density at radius 2 is 1.76 bits per heavy atom. The lowest BCUT2D eigenvalue weighted by atomic mass is 9.37. The van der Waals surface area contributed by atoms with Gasteiger partial charge in [0.05, 0.1) is 5.41 Å². The maximum Gasteiger partial charge on any atom is 0.226 e. The molecule has 0 spiro atoms. The Balaban J connectivity index is 1.58. The number of amides is 1. The molecule has 2 unspecified atom stereocenters. The third kappa shape index (κ3) is 3.76. The van der Waals surface area contributed by atoms with E-state index in [4.69, 9.17) is 5.73 Å². The molecule has 4 atom stereocenters. The van der Waals surface area contributed by atoms with Gasteiger partial charge in [0.1, 0.15) is 0 Å². The minimum Gasteiger partial charge on any atom is -0.353 e. The first kappa shape index (κ1) is 20.9. The van der Waals surface area contributed by atoms with E-state index >= 15 is 0 Å². The Bertz CT molecular complexity index is 716. The topological polar surface area (TPSA) is 55.1 Å². The van der Waals surface area contributed by atoms with Crippen LogP contribution in [-0.4, -0.2) is 18.0 Å². The van der Waals surface area contributed by atoms with Gasteiger partial charge in [-0.2, -0.15) is 0 Å². The first-order valence-corrected chi connectivity index (χ1v) is 11.9. The van der Waals surface area contributed by atoms with E-state index in [2.05, 4.69) is 43.1 Å². The van der Waals surface area contributed by atoms with Gasteiger partial charge in [-0.3, -0.25) is 4.79 Å². The minimum absolute atomic E-state index is 0.111. The van der Waals surface area contributed by atoms with E-state index in [0.717, 1.165) is 44.9 Å². The lowest BCUT2D eigenvalue weighted by Crippen LogP contribution is -2.62. The average Bonchev–Trinajstić information content (AvgIpc) is 2.69. The van der Waals surface area contributed by atoms with E-state index in [9.17, 15) is 4.79 Å². The maximum absolute atomic E-state index is 13.7. The third-order valence-electron chi connectivity index (χ3n) is 8.80. The van der Waals surface area contributed by atoms with Crippen LogP contribution in [0.1, 0.15) is 84.5 Å². The SMILES string of the molecule is C=C(/C=C\C=C/C)[C@]12CC3CC(C(=O)N[C@H]4CC[C@@H](N)CC4)(C[C@](CC)(C3)C1)C2. The summed E-state index contributed by atoms with van der Waals surface area (Å²) in [7, 11) is 0. The van der Waals surface area contributed by atoms with Crippen molar-refractivity contribution in [2.45, 2.75) is 96.6 Å². The highest BCUT2D eigenvalue weighted by molar-refractivity contribution is 5.84. The molecule has 5 aliphatic rings. The van der Waals surface area contributed by atoms with E-state index < -0.39 is 0 Å². The van der Waals surface area contributed by atoms with Gasteiger partial charge in [-0.05, 0) is 93.5 Å². The number of rotatable bonds is 6. The van der Waals surface area contributed by atoms with Gasteiger partial charge in [0.15, 0.2) is 0 Å². The first-order chi connectivity index (χ1) is 13.8. The normalized spacial score (nSPS) is 43.9. The molecule has 0 heterocycles. The largest absolute Gasteiger partial charge is 0.353 e. The van der Waals surface area contributed by atoms with Crippen LogP contribution < -0.4 is 11.1 Å². The molecule has 3 nitrogen and oxygen atoms in total. The smallest absolute Gasteiger partial charge is 0.226 e. The monoisotopic (exact) mass is 396 g/mol. The average molecular weight is 397 g/mol. The number of nitrogens with two attached hydrogens (primary N) is 1. The van der Waals surface area contributed by atoms with Crippen LogP contribution in [0.3, 0.4) is 0 Å². The summed E-state index contributed by atoms with van der Waals surface area (Å²) in [6.07, 6.45) is 20.7. The van der Waals surface area contributed by atoms with Gasteiger partial charge < -0.3 is 11.1 Å². The third-order valence-corrected chi connectivity index (χ3v) is 8.80. The van der Waals surface area contributed by atoms with Crippen LogP contribution in [0, 0.1) is 22.2 Å². The molecule has 0 saturated heterocycles. The van der Waals surface area contributed by atoms with Gasteiger partial charge in [-0.1, -0.05) is 44.2 Å². The van der Waals surface area contributed by atoms with Crippen LogP contribution >= 0.6 is 0 Å². The van der Waals surface area contributed by atoms with Crippen LogP contribution in [0.4, 0.5) is 0 Å². The van der Waals surface area contributed by atoms with E-state index in [1.807, 2.05) is 6.92 Å². The molecule has 1 amide bonds. The lowest BCUT2D eigenvalue weighted by Gasteiger charge is -2.66. The molecular formula is C26H40N2O. The number of carbonyl (C=O) groups excluding carboxylic acids is 1. The van der Waals surface area contributed by atoms with Crippen LogP contribution in [0.15, 0.2) is 36.5 Å². The number of allylic oxidation sites excluding steroid dienone is 5. The quantitative estimate of drug-likeness (QED) is 0.588. The van der Waals surface area contributed by atoms with Gasteiger partial charge in [0.2, 0.25) is 5.91 Å². The van der Waals surface area contributed by atoms with Gasteiger partial charge in [-0.15, -0.1) is 0 Å². The van der Waals surface area contributed by atoms with Gasteiger partial charge in [-0.25, -0.2) is 0 Å². The number of hydrogen-bond acceptors (Lipinski definition) is 2. The highest BCUT2D eigenvalue weighted by Crippen LogP contribution is 2.72. The fraction of sp³-hybridized carbons (Fsp3) is 0.731. The van der Waals surface area contributed by atoms with Crippen molar-refractivity contribution in [2.75, 3.05) is 0 Å². The van der Waals surface area contributed by atoms with Crippen molar-refractivity contribution < 1.29 is 4.79 Å². The van der Waals surface area contributed by atoms with Crippen molar-refractivity contribution >= 4 is 5.91 Å². The molecule has 0 aliphatic heterocycles. The summed E-state index contributed by atoms with van der Waals surface area (Å²) in [5.41, 5.74) is 7.57. The van der Waals surface area contributed by atoms with Gasteiger partial charge in [0.25, 0.3) is 0 Å². The van der Waals surface area contributed by atoms with Crippen LogP contribution in [-0.2, 0) is 4.79 Å². The first-order valence-electron chi connectivity index (χ1n) is 11.9. The standard InChI is InChI=1S/C26H40N2O/c1-4-6-7-8-19(3)25-14-20-13-24(5-2,16-25)17-26(15-20,18-25)23(29)28-22-11-9-21(27)10-12-22/h4,6-8,20-22H,3,5,9-18,27H2,1-2H3,(H,28,29)/b6-4-,8-7-/t20?,21-,22+,24-,25-,26?/m1/s1. The summed E-state index contributed by atoms with van der Waals surface area (Å²) in [4.78, 5) is 13.7. The predicted octanol–water partition coefficient (Wildman–Crippen LogP) is 5.43. The summed E-state index contributed by atoms with van der Waals surface area (Å²) >= 11 is 0. The molecular weight excluding hydrogens is 356 g/mol. The Morgan fingerprint density at radius 3 is 2.45 bits per heavy atom. The summed E-state index contributed by atoms with van der Waals surface area (Å²) in [6, 6.07) is 0.642. The fourth-order valence-electron chi connectivity index (χ4n) is 7.71. The Kier molecular flexibility index (Phi) is 5.57. The van der Waals surface area contributed by atoms with E-state index in [1.54, 1.807) is 0 Å². The molecule has 160 valence electrons. The highest BCUT2D eigenvalue weighted by Gasteiger charge is 2.65. The Labute approximate surface area is 177 Å². The van der Waals surface area contributed by atoms with Gasteiger partial charge in [0, 0.05) is 12.1 Å². The van der Waals surface area contributed by atoms with Crippen molar-refractivity contribution in [3.8, 4) is 0 Å². The molecule has 29 heavy (non-hydrogen) atoms. The fourth-order valence-corrected chi connectivity index (χ4v) is 7.71. The molecule has 0 aromatic carbocycles. The number of nitrogens with one attached hydrogen (secondary N) is 1. The van der Waals surface area contributed by atoms with Crippen molar-refractivity contribution in [1.29, 1.82) is 0 Å². The second-order valence-electron chi connectivity index (χ2n) is 10.9. The predicted molar refractivity (Wildman–Crippen MR) is 120 cm³/mol. The molecule has 3 heteroatoms. The zero-order valence-corrected chi connectivity index (χ0v) is 18.5. The maximum atomic E-state index is 13.7. The lowest BCUT2D eigenvalue weighted by molar-refractivity contribution is -0.170. The highest BCUT2D eigenvalue weighted by atomic mass is 16.2.